The molecule has 0 atom stereocenters. The van der Waals surface area contributed by atoms with Crippen molar-refractivity contribution in [1.29, 1.82) is 0 Å². The highest BCUT2D eigenvalue weighted by Gasteiger charge is 2.10. The average molecular weight is 389 g/mol. The maximum absolute atomic E-state index is 4.56. The molecule has 0 saturated heterocycles. The summed E-state index contributed by atoms with van der Waals surface area (Å²) in [6.45, 7) is 2.59. The summed E-state index contributed by atoms with van der Waals surface area (Å²) in [6, 6.07) is 36.8. The maximum atomic E-state index is 4.56. The van der Waals surface area contributed by atoms with Crippen molar-refractivity contribution in [2.75, 3.05) is 0 Å². The molecule has 0 N–H and O–H groups in total. The molecule has 0 spiro atoms. The smallest absolute Gasteiger partial charge is 0.0544 e. The number of aromatic nitrogens is 1. The first kappa shape index (κ1) is 18.5. The van der Waals surface area contributed by atoms with E-state index < -0.39 is 0 Å². The zero-order chi connectivity index (χ0) is 20.2. The molecule has 0 saturated carbocycles. The van der Waals surface area contributed by atoms with Crippen molar-refractivity contribution in [1.82, 2.24) is 9.88 Å². The predicted octanol–water partition coefficient (Wildman–Crippen LogP) is 6.59. The molecule has 0 unspecified atom stereocenters. The van der Waals surface area contributed by atoms with Gasteiger partial charge in [-0.1, -0.05) is 78.9 Å². The quantitative estimate of drug-likeness (QED) is 0.326. The molecular formula is C28H24N2. The van der Waals surface area contributed by atoms with Crippen LogP contribution >= 0.6 is 0 Å². The standard InChI is InChI=1S/C28H24N2/c1-3-9-26-17-22(12-14-24(26)7-1)19-30(21-28-11-5-6-16-29-28)20-23-13-15-25-8-2-4-10-27(25)18-23/h1-18H,19-21H2. The van der Waals surface area contributed by atoms with Crippen molar-refractivity contribution in [3.05, 3.63) is 126 Å². The minimum Gasteiger partial charge on any atom is -0.289 e. The topological polar surface area (TPSA) is 16.1 Å². The van der Waals surface area contributed by atoms with Gasteiger partial charge in [0, 0.05) is 25.8 Å². The number of nitrogens with zero attached hydrogens (tertiary/aromatic N) is 2. The summed E-state index contributed by atoms with van der Waals surface area (Å²) in [5, 5.41) is 5.15. The van der Waals surface area contributed by atoms with Crippen LogP contribution in [0, 0.1) is 0 Å². The van der Waals surface area contributed by atoms with Crippen LogP contribution < -0.4 is 0 Å². The van der Waals surface area contributed by atoms with Crippen LogP contribution in [-0.4, -0.2) is 9.88 Å². The summed E-state index contributed by atoms with van der Waals surface area (Å²) in [7, 11) is 0. The fourth-order valence-corrected chi connectivity index (χ4v) is 4.08. The minimum absolute atomic E-state index is 0.820. The van der Waals surface area contributed by atoms with E-state index in [4.69, 9.17) is 0 Å². The van der Waals surface area contributed by atoms with Gasteiger partial charge in [-0.2, -0.15) is 0 Å². The van der Waals surface area contributed by atoms with Crippen molar-refractivity contribution in [2.45, 2.75) is 19.6 Å². The van der Waals surface area contributed by atoms with Crippen LogP contribution in [0.1, 0.15) is 16.8 Å². The van der Waals surface area contributed by atoms with E-state index in [1.807, 2.05) is 12.3 Å². The summed E-state index contributed by atoms with van der Waals surface area (Å²) < 4.78 is 0. The second kappa shape index (κ2) is 8.48. The van der Waals surface area contributed by atoms with Crippen molar-refractivity contribution in [3.8, 4) is 0 Å². The fraction of sp³-hybridized carbons (Fsp3) is 0.107. The van der Waals surface area contributed by atoms with Crippen LogP contribution in [0.3, 0.4) is 0 Å². The Morgan fingerprint density at radius 3 is 1.57 bits per heavy atom. The number of benzene rings is 4. The molecule has 0 amide bonds. The molecule has 30 heavy (non-hydrogen) atoms. The molecule has 4 aromatic carbocycles. The lowest BCUT2D eigenvalue weighted by Crippen LogP contribution is -2.23. The number of pyridine rings is 1. The highest BCUT2D eigenvalue weighted by atomic mass is 15.1. The lowest BCUT2D eigenvalue weighted by molar-refractivity contribution is 0.245. The van der Waals surface area contributed by atoms with Crippen LogP contribution in [-0.2, 0) is 19.6 Å². The first-order chi connectivity index (χ1) is 14.8. The summed E-state index contributed by atoms with van der Waals surface area (Å²) in [4.78, 5) is 7.03. The summed E-state index contributed by atoms with van der Waals surface area (Å²) >= 11 is 0. The average Bonchev–Trinajstić information content (AvgIpc) is 2.79. The molecule has 1 heterocycles. The van der Waals surface area contributed by atoms with Crippen molar-refractivity contribution in [2.24, 2.45) is 0 Å². The Morgan fingerprint density at radius 1 is 0.500 bits per heavy atom. The second-order valence-electron chi connectivity index (χ2n) is 7.83. The summed E-state index contributed by atoms with van der Waals surface area (Å²) in [5.74, 6) is 0. The molecule has 0 bridgehead atoms. The number of hydrogen-bond donors (Lipinski definition) is 0. The molecule has 2 nitrogen and oxygen atoms in total. The Labute approximate surface area is 177 Å². The third-order valence-corrected chi connectivity index (χ3v) is 5.55. The molecule has 0 aliphatic carbocycles. The van der Waals surface area contributed by atoms with Crippen molar-refractivity contribution in [3.63, 3.8) is 0 Å². The largest absolute Gasteiger partial charge is 0.289 e. The van der Waals surface area contributed by atoms with E-state index in [1.54, 1.807) is 0 Å². The van der Waals surface area contributed by atoms with E-state index in [2.05, 4.69) is 107 Å². The molecule has 0 fully saturated rings. The predicted molar refractivity (Wildman–Crippen MR) is 125 cm³/mol. The third kappa shape index (κ3) is 4.24. The molecule has 5 aromatic rings. The van der Waals surface area contributed by atoms with Crippen LogP contribution in [0.2, 0.25) is 0 Å². The normalized spacial score (nSPS) is 11.4. The number of rotatable bonds is 6. The van der Waals surface area contributed by atoms with E-state index in [1.165, 1.54) is 32.7 Å². The highest BCUT2D eigenvalue weighted by Crippen LogP contribution is 2.21. The third-order valence-electron chi connectivity index (χ3n) is 5.55. The minimum atomic E-state index is 0.820. The van der Waals surface area contributed by atoms with Crippen molar-refractivity contribution < 1.29 is 0 Å². The van der Waals surface area contributed by atoms with E-state index in [-0.39, 0.29) is 0 Å². The Bertz CT molecular complexity index is 1200. The lowest BCUT2D eigenvalue weighted by atomic mass is 10.1. The molecule has 146 valence electrons. The second-order valence-corrected chi connectivity index (χ2v) is 7.83. The monoisotopic (exact) mass is 388 g/mol. The van der Waals surface area contributed by atoms with Crippen molar-refractivity contribution >= 4 is 21.5 Å². The first-order valence-electron chi connectivity index (χ1n) is 10.4. The van der Waals surface area contributed by atoms with Gasteiger partial charge in [-0.05, 0) is 56.9 Å². The summed E-state index contributed by atoms with van der Waals surface area (Å²) in [5.41, 5.74) is 3.75. The van der Waals surface area contributed by atoms with E-state index >= 15 is 0 Å². The van der Waals surface area contributed by atoms with Gasteiger partial charge in [0.05, 0.1) is 5.69 Å². The van der Waals surface area contributed by atoms with E-state index in [0.29, 0.717) is 0 Å². The van der Waals surface area contributed by atoms with Crippen LogP contribution in [0.25, 0.3) is 21.5 Å². The van der Waals surface area contributed by atoms with Gasteiger partial charge in [-0.3, -0.25) is 9.88 Å². The van der Waals surface area contributed by atoms with Gasteiger partial charge >= 0.3 is 0 Å². The van der Waals surface area contributed by atoms with Crippen LogP contribution in [0.5, 0.6) is 0 Å². The molecule has 1 aromatic heterocycles. The Kier molecular flexibility index (Phi) is 5.24. The first-order valence-corrected chi connectivity index (χ1v) is 10.4. The fourth-order valence-electron chi connectivity index (χ4n) is 4.08. The zero-order valence-electron chi connectivity index (χ0n) is 16.9. The maximum Gasteiger partial charge on any atom is 0.0544 e. The van der Waals surface area contributed by atoms with Gasteiger partial charge in [0.2, 0.25) is 0 Å². The van der Waals surface area contributed by atoms with Gasteiger partial charge < -0.3 is 0 Å². The van der Waals surface area contributed by atoms with Gasteiger partial charge in [0.15, 0.2) is 0 Å². The number of fused-ring (bicyclic) bond motifs is 2. The Morgan fingerprint density at radius 2 is 1.03 bits per heavy atom. The molecule has 0 radical (unpaired) electrons. The Hall–Kier alpha value is -3.49. The van der Waals surface area contributed by atoms with E-state index in [0.717, 1.165) is 25.3 Å². The zero-order valence-corrected chi connectivity index (χ0v) is 16.9. The highest BCUT2D eigenvalue weighted by molar-refractivity contribution is 5.83. The van der Waals surface area contributed by atoms with Crippen LogP contribution in [0.15, 0.2) is 109 Å². The molecule has 5 rings (SSSR count). The van der Waals surface area contributed by atoms with Crippen LogP contribution in [0.4, 0.5) is 0 Å². The van der Waals surface area contributed by atoms with Gasteiger partial charge in [-0.15, -0.1) is 0 Å². The van der Waals surface area contributed by atoms with E-state index in [9.17, 15) is 0 Å². The molecule has 0 aliphatic rings. The number of hydrogen-bond acceptors (Lipinski definition) is 2. The molecule has 0 aliphatic heterocycles. The lowest BCUT2D eigenvalue weighted by Gasteiger charge is -2.23. The summed E-state index contributed by atoms with van der Waals surface area (Å²) in [6.07, 6.45) is 1.87. The molecule has 2 heteroatoms. The van der Waals surface area contributed by atoms with Gasteiger partial charge in [0.1, 0.15) is 0 Å². The van der Waals surface area contributed by atoms with Gasteiger partial charge in [-0.25, -0.2) is 0 Å². The van der Waals surface area contributed by atoms with Gasteiger partial charge in [0.25, 0.3) is 0 Å². The molecular weight excluding hydrogens is 364 g/mol. The SMILES string of the molecule is c1ccc(CN(Cc2ccc3ccccc3c2)Cc2ccc3ccccc3c2)nc1. The Balaban J connectivity index is 1.43.